The number of rotatable bonds is 4. The van der Waals surface area contributed by atoms with Crippen LogP contribution in [0.4, 0.5) is 0 Å². The molecule has 0 unspecified atom stereocenters. The van der Waals surface area contributed by atoms with Gasteiger partial charge in [-0.05, 0) is 26.0 Å². The number of benzene rings is 2. The van der Waals surface area contributed by atoms with Crippen LogP contribution in [0.15, 0.2) is 57.7 Å². The summed E-state index contributed by atoms with van der Waals surface area (Å²) in [5, 5.41) is 2.87. The molecule has 0 radical (unpaired) electrons. The second-order valence-corrected chi connectivity index (χ2v) is 6.15. The van der Waals surface area contributed by atoms with Crippen molar-refractivity contribution in [2.45, 2.75) is 19.9 Å². The monoisotopic (exact) mass is 365 g/mol. The number of hydrogen-bond acceptors (Lipinski definition) is 5. The lowest BCUT2D eigenvalue weighted by Gasteiger charge is -2.13. The molecular weight excluding hydrogens is 346 g/mol. The number of fused-ring (bicyclic) bond motifs is 1. The first kappa shape index (κ1) is 18.4. The molecule has 138 valence electrons. The second kappa shape index (κ2) is 7.45. The quantitative estimate of drug-likeness (QED) is 0.718. The van der Waals surface area contributed by atoms with Gasteiger partial charge in [-0.1, -0.05) is 36.4 Å². The standard InChI is InChI=1S/C21H19NO5/c1-12-17(23)15-10-7-11-16(20(24)22-13(2)21(25)26-3)19(15)27-18(12)14-8-5-4-6-9-14/h4-11,13H,1-3H3,(H,22,24)/t13-/m0/s1. The number of carbonyl (C=O) groups excluding carboxylic acids is 2. The summed E-state index contributed by atoms with van der Waals surface area (Å²) in [5.41, 5.74) is 1.37. The van der Waals surface area contributed by atoms with Gasteiger partial charge in [0, 0.05) is 11.1 Å². The van der Waals surface area contributed by atoms with E-state index in [0.717, 1.165) is 5.56 Å². The maximum absolute atomic E-state index is 12.8. The number of carbonyl (C=O) groups is 2. The fourth-order valence-electron chi connectivity index (χ4n) is 2.86. The van der Waals surface area contributed by atoms with Crippen molar-refractivity contribution >= 4 is 22.8 Å². The highest BCUT2D eigenvalue weighted by Crippen LogP contribution is 2.27. The average Bonchev–Trinajstić information content (AvgIpc) is 2.70. The number of para-hydroxylation sites is 1. The highest BCUT2D eigenvalue weighted by molar-refractivity contribution is 6.06. The summed E-state index contributed by atoms with van der Waals surface area (Å²) in [6, 6.07) is 13.2. The van der Waals surface area contributed by atoms with Gasteiger partial charge in [0.25, 0.3) is 5.91 Å². The number of ether oxygens (including phenoxy) is 1. The highest BCUT2D eigenvalue weighted by Gasteiger charge is 2.21. The number of hydrogen-bond donors (Lipinski definition) is 1. The Labute approximate surface area is 155 Å². The Balaban J connectivity index is 2.15. The molecule has 3 rings (SSSR count). The molecule has 1 aromatic heterocycles. The topological polar surface area (TPSA) is 85.6 Å². The molecule has 27 heavy (non-hydrogen) atoms. The van der Waals surface area contributed by atoms with Crippen LogP contribution in [0, 0.1) is 6.92 Å². The van der Waals surface area contributed by atoms with Crippen LogP contribution in [0.5, 0.6) is 0 Å². The molecule has 2 aromatic carbocycles. The van der Waals surface area contributed by atoms with Crippen molar-refractivity contribution in [3.63, 3.8) is 0 Å². The van der Waals surface area contributed by atoms with Crippen LogP contribution < -0.4 is 10.7 Å². The molecule has 1 N–H and O–H groups in total. The van der Waals surface area contributed by atoms with Crippen LogP contribution in [0.25, 0.3) is 22.3 Å². The predicted molar refractivity (Wildman–Crippen MR) is 102 cm³/mol. The summed E-state index contributed by atoms with van der Waals surface area (Å²) in [6.07, 6.45) is 0. The smallest absolute Gasteiger partial charge is 0.328 e. The van der Waals surface area contributed by atoms with Gasteiger partial charge in [0.1, 0.15) is 11.8 Å². The summed E-state index contributed by atoms with van der Waals surface area (Å²) in [5.74, 6) is -0.676. The number of nitrogens with one attached hydrogen (secondary N) is 1. The molecule has 0 aliphatic rings. The first-order valence-electron chi connectivity index (χ1n) is 8.44. The molecule has 0 saturated carbocycles. The van der Waals surface area contributed by atoms with Gasteiger partial charge < -0.3 is 14.5 Å². The second-order valence-electron chi connectivity index (χ2n) is 6.15. The summed E-state index contributed by atoms with van der Waals surface area (Å²) < 4.78 is 10.6. The lowest BCUT2D eigenvalue weighted by molar-refractivity contribution is -0.142. The van der Waals surface area contributed by atoms with Crippen LogP contribution in [0.2, 0.25) is 0 Å². The predicted octanol–water partition coefficient (Wildman–Crippen LogP) is 3.06. The molecule has 0 aliphatic heterocycles. The fourth-order valence-corrected chi connectivity index (χ4v) is 2.86. The molecular formula is C21H19NO5. The van der Waals surface area contributed by atoms with Gasteiger partial charge >= 0.3 is 5.97 Å². The first-order chi connectivity index (χ1) is 12.9. The molecule has 3 aromatic rings. The summed E-state index contributed by atoms with van der Waals surface area (Å²) in [7, 11) is 1.25. The van der Waals surface area contributed by atoms with Gasteiger partial charge in [0.15, 0.2) is 11.0 Å². The van der Waals surface area contributed by atoms with Crippen molar-refractivity contribution in [2.75, 3.05) is 7.11 Å². The Bertz CT molecular complexity index is 1070. The molecule has 0 fully saturated rings. The molecule has 0 saturated heterocycles. The number of amides is 1. The van der Waals surface area contributed by atoms with E-state index in [1.165, 1.54) is 14.0 Å². The van der Waals surface area contributed by atoms with Crippen molar-refractivity contribution in [1.29, 1.82) is 0 Å². The summed E-state index contributed by atoms with van der Waals surface area (Å²) in [4.78, 5) is 37.0. The molecule has 6 heteroatoms. The largest absolute Gasteiger partial charge is 0.467 e. The van der Waals surface area contributed by atoms with Crippen LogP contribution >= 0.6 is 0 Å². The summed E-state index contributed by atoms with van der Waals surface area (Å²) in [6.45, 7) is 3.21. The molecule has 0 bridgehead atoms. The maximum atomic E-state index is 12.8. The van der Waals surface area contributed by atoms with Crippen LogP contribution in [0.3, 0.4) is 0 Å². The van der Waals surface area contributed by atoms with E-state index in [-0.39, 0.29) is 16.6 Å². The number of methoxy groups -OCH3 is 1. The molecule has 0 aliphatic carbocycles. The Morgan fingerprint density at radius 1 is 1.07 bits per heavy atom. The van der Waals surface area contributed by atoms with Crippen LogP contribution in [-0.4, -0.2) is 25.0 Å². The maximum Gasteiger partial charge on any atom is 0.328 e. The molecule has 0 spiro atoms. The third-order valence-corrected chi connectivity index (χ3v) is 4.33. The van der Waals surface area contributed by atoms with Crippen LogP contribution in [0.1, 0.15) is 22.8 Å². The highest BCUT2D eigenvalue weighted by atomic mass is 16.5. The van der Waals surface area contributed by atoms with E-state index in [1.807, 2.05) is 30.3 Å². The van der Waals surface area contributed by atoms with Crippen molar-refractivity contribution in [2.24, 2.45) is 0 Å². The normalized spacial score (nSPS) is 11.8. The van der Waals surface area contributed by atoms with Crippen molar-refractivity contribution < 1.29 is 18.7 Å². The Hall–Kier alpha value is -3.41. The van der Waals surface area contributed by atoms with Gasteiger partial charge in [0.05, 0.1) is 18.1 Å². The van der Waals surface area contributed by atoms with E-state index in [2.05, 4.69) is 10.1 Å². The third-order valence-electron chi connectivity index (χ3n) is 4.33. The average molecular weight is 365 g/mol. The number of esters is 1. The Kier molecular flexibility index (Phi) is 5.07. The van der Waals surface area contributed by atoms with Gasteiger partial charge in [-0.3, -0.25) is 9.59 Å². The SMILES string of the molecule is COC(=O)[C@H](C)NC(=O)c1cccc2c(=O)c(C)c(-c3ccccc3)oc12. The zero-order valence-electron chi connectivity index (χ0n) is 15.2. The zero-order chi connectivity index (χ0) is 19.6. The van der Waals surface area contributed by atoms with Crippen molar-refractivity contribution in [3.05, 3.63) is 69.9 Å². The van der Waals surface area contributed by atoms with Gasteiger partial charge in [-0.2, -0.15) is 0 Å². The minimum absolute atomic E-state index is 0.178. The lowest BCUT2D eigenvalue weighted by Crippen LogP contribution is -2.39. The van der Waals surface area contributed by atoms with Gasteiger partial charge in [-0.15, -0.1) is 0 Å². The van der Waals surface area contributed by atoms with Crippen LogP contribution in [-0.2, 0) is 9.53 Å². The van der Waals surface area contributed by atoms with Crippen molar-refractivity contribution in [1.82, 2.24) is 5.32 Å². The van der Waals surface area contributed by atoms with E-state index in [1.54, 1.807) is 25.1 Å². The van der Waals surface area contributed by atoms with E-state index < -0.39 is 17.9 Å². The molecule has 6 nitrogen and oxygen atoms in total. The third kappa shape index (κ3) is 3.46. The molecule has 1 heterocycles. The first-order valence-corrected chi connectivity index (χ1v) is 8.44. The van der Waals surface area contributed by atoms with Crippen molar-refractivity contribution in [3.8, 4) is 11.3 Å². The Morgan fingerprint density at radius 3 is 2.44 bits per heavy atom. The zero-order valence-corrected chi connectivity index (χ0v) is 15.2. The van der Waals surface area contributed by atoms with E-state index in [4.69, 9.17) is 4.42 Å². The van der Waals surface area contributed by atoms with E-state index >= 15 is 0 Å². The van der Waals surface area contributed by atoms with Gasteiger partial charge in [0.2, 0.25) is 0 Å². The Morgan fingerprint density at radius 2 is 1.78 bits per heavy atom. The van der Waals surface area contributed by atoms with E-state index in [9.17, 15) is 14.4 Å². The summed E-state index contributed by atoms with van der Waals surface area (Å²) >= 11 is 0. The van der Waals surface area contributed by atoms with Gasteiger partial charge in [-0.25, -0.2) is 4.79 Å². The minimum atomic E-state index is -0.830. The molecule has 1 atom stereocenters. The van der Waals surface area contributed by atoms with E-state index in [0.29, 0.717) is 16.7 Å². The fraction of sp³-hybridized carbons (Fsp3) is 0.190. The lowest BCUT2D eigenvalue weighted by atomic mass is 10.0. The molecule has 1 amide bonds. The minimum Gasteiger partial charge on any atom is -0.467 e.